The highest BCUT2D eigenvalue weighted by Gasteiger charge is 2.44. The summed E-state index contributed by atoms with van der Waals surface area (Å²) in [6.45, 7) is 14.6. The van der Waals surface area contributed by atoms with Crippen molar-refractivity contribution in [2.24, 2.45) is 0 Å². The van der Waals surface area contributed by atoms with Crippen molar-refractivity contribution in [3.63, 3.8) is 0 Å². The fourth-order valence-corrected chi connectivity index (χ4v) is 3.12. The molecule has 0 saturated carbocycles. The van der Waals surface area contributed by atoms with Crippen LogP contribution in [0.2, 0.25) is 0 Å². The molecular weight excluding hydrogens is 224 g/mol. The minimum atomic E-state index is 0.256. The van der Waals surface area contributed by atoms with Crippen molar-refractivity contribution in [1.82, 2.24) is 10.2 Å². The summed E-state index contributed by atoms with van der Waals surface area (Å²) in [5, 5.41) is 3.82. The number of ether oxygens (including phenoxy) is 1. The molecule has 0 radical (unpaired) electrons. The number of piperazine rings is 1. The third-order valence-corrected chi connectivity index (χ3v) is 5.07. The van der Waals surface area contributed by atoms with Gasteiger partial charge in [-0.3, -0.25) is 4.90 Å². The van der Waals surface area contributed by atoms with Gasteiger partial charge in [0.05, 0.1) is 6.61 Å². The van der Waals surface area contributed by atoms with Crippen LogP contribution in [0.1, 0.15) is 53.9 Å². The Morgan fingerprint density at radius 1 is 1.22 bits per heavy atom. The summed E-state index contributed by atoms with van der Waals surface area (Å²) in [4.78, 5) is 2.67. The number of nitrogens with zero attached hydrogens (tertiary/aromatic N) is 1. The van der Waals surface area contributed by atoms with E-state index >= 15 is 0 Å². The van der Waals surface area contributed by atoms with Gasteiger partial charge in [-0.1, -0.05) is 20.8 Å². The minimum Gasteiger partial charge on any atom is -0.383 e. The Bertz CT molecular complexity index is 253. The SMILES string of the molecule is CCC1(CC)CN(C(C)COC)C(C)(CC)CN1. The van der Waals surface area contributed by atoms with E-state index in [-0.39, 0.29) is 11.1 Å². The Labute approximate surface area is 113 Å². The van der Waals surface area contributed by atoms with E-state index in [9.17, 15) is 0 Å². The molecule has 18 heavy (non-hydrogen) atoms. The molecule has 0 aromatic rings. The Kier molecular flexibility index (Phi) is 5.63. The third kappa shape index (κ3) is 3.06. The average molecular weight is 256 g/mol. The highest BCUT2D eigenvalue weighted by atomic mass is 16.5. The molecule has 1 rings (SSSR count). The van der Waals surface area contributed by atoms with E-state index in [0.29, 0.717) is 6.04 Å². The van der Waals surface area contributed by atoms with Gasteiger partial charge in [0.15, 0.2) is 0 Å². The summed E-state index contributed by atoms with van der Waals surface area (Å²) >= 11 is 0. The highest BCUT2D eigenvalue weighted by molar-refractivity contribution is 5.03. The first-order valence-electron chi connectivity index (χ1n) is 7.47. The molecule has 1 aliphatic heterocycles. The molecule has 0 aliphatic carbocycles. The maximum Gasteiger partial charge on any atom is 0.0615 e. The molecule has 2 atom stereocenters. The molecule has 0 bridgehead atoms. The van der Waals surface area contributed by atoms with Gasteiger partial charge in [0.1, 0.15) is 0 Å². The topological polar surface area (TPSA) is 24.5 Å². The smallest absolute Gasteiger partial charge is 0.0615 e. The zero-order valence-electron chi connectivity index (χ0n) is 13.2. The molecule has 1 fully saturated rings. The molecule has 1 heterocycles. The molecule has 0 amide bonds. The van der Waals surface area contributed by atoms with Crippen LogP contribution in [-0.4, -0.2) is 48.8 Å². The van der Waals surface area contributed by atoms with E-state index in [1.807, 2.05) is 0 Å². The van der Waals surface area contributed by atoms with E-state index in [4.69, 9.17) is 4.74 Å². The maximum atomic E-state index is 5.37. The minimum absolute atomic E-state index is 0.256. The standard InChI is InChI=1S/C15H32N2O/c1-7-14(5)11-16-15(8-2,9-3)12-17(14)13(4)10-18-6/h13,16H,7-12H2,1-6H3. The molecule has 0 aromatic carbocycles. The maximum absolute atomic E-state index is 5.37. The van der Waals surface area contributed by atoms with Crippen LogP contribution in [0.5, 0.6) is 0 Å². The van der Waals surface area contributed by atoms with Crippen LogP contribution in [0, 0.1) is 0 Å². The normalized spacial score (nSPS) is 30.3. The Morgan fingerprint density at radius 2 is 1.83 bits per heavy atom. The van der Waals surface area contributed by atoms with E-state index in [0.717, 1.165) is 19.7 Å². The van der Waals surface area contributed by atoms with Crippen LogP contribution in [-0.2, 0) is 4.74 Å². The molecule has 1 saturated heterocycles. The first kappa shape index (κ1) is 15.9. The van der Waals surface area contributed by atoms with Gasteiger partial charge in [-0.25, -0.2) is 0 Å². The van der Waals surface area contributed by atoms with Gasteiger partial charge in [-0.05, 0) is 33.1 Å². The molecule has 2 unspecified atom stereocenters. The summed E-state index contributed by atoms with van der Waals surface area (Å²) in [6.07, 6.45) is 3.57. The average Bonchev–Trinajstić information content (AvgIpc) is 2.40. The van der Waals surface area contributed by atoms with Crippen molar-refractivity contribution in [2.45, 2.75) is 71.0 Å². The lowest BCUT2D eigenvalue weighted by Crippen LogP contribution is -2.70. The molecule has 1 N–H and O–H groups in total. The van der Waals surface area contributed by atoms with Crippen molar-refractivity contribution in [1.29, 1.82) is 0 Å². The fourth-order valence-electron chi connectivity index (χ4n) is 3.12. The Morgan fingerprint density at radius 3 is 2.28 bits per heavy atom. The predicted molar refractivity (Wildman–Crippen MR) is 78.1 cm³/mol. The number of hydrogen-bond donors (Lipinski definition) is 1. The van der Waals surface area contributed by atoms with Crippen LogP contribution in [0.25, 0.3) is 0 Å². The van der Waals surface area contributed by atoms with Gasteiger partial charge in [0.2, 0.25) is 0 Å². The molecule has 3 heteroatoms. The van der Waals surface area contributed by atoms with Gasteiger partial charge in [-0.2, -0.15) is 0 Å². The van der Waals surface area contributed by atoms with Crippen molar-refractivity contribution in [3.05, 3.63) is 0 Å². The fraction of sp³-hybridized carbons (Fsp3) is 1.00. The molecule has 0 aromatic heterocycles. The summed E-state index contributed by atoms with van der Waals surface area (Å²) in [6, 6.07) is 0.486. The van der Waals surface area contributed by atoms with Crippen LogP contribution < -0.4 is 5.32 Å². The van der Waals surface area contributed by atoms with Gasteiger partial charge >= 0.3 is 0 Å². The lowest BCUT2D eigenvalue weighted by Gasteiger charge is -2.55. The molecule has 0 spiro atoms. The first-order chi connectivity index (χ1) is 8.47. The van der Waals surface area contributed by atoms with E-state index in [1.54, 1.807) is 7.11 Å². The van der Waals surface area contributed by atoms with Crippen molar-refractivity contribution >= 4 is 0 Å². The van der Waals surface area contributed by atoms with Crippen LogP contribution in [0.15, 0.2) is 0 Å². The van der Waals surface area contributed by atoms with Gasteiger partial charge in [0.25, 0.3) is 0 Å². The van der Waals surface area contributed by atoms with Crippen LogP contribution in [0.4, 0.5) is 0 Å². The summed E-state index contributed by atoms with van der Waals surface area (Å²) in [5.41, 5.74) is 0.544. The molecule has 1 aliphatic rings. The second kappa shape index (κ2) is 6.36. The third-order valence-electron chi connectivity index (χ3n) is 5.07. The van der Waals surface area contributed by atoms with Crippen molar-refractivity contribution in [2.75, 3.05) is 26.8 Å². The van der Waals surface area contributed by atoms with Crippen molar-refractivity contribution in [3.8, 4) is 0 Å². The zero-order valence-corrected chi connectivity index (χ0v) is 13.2. The number of rotatable bonds is 6. The monoisotopic (exact) mass is 256 g/mol. The van der Waals surface area contributed by atoms with Gasteiger partial charge in [0, 0.05) is 37.3 Å². The van der Waals surface area contributed by atoms with E-state index in [2.05, 4.69) is 44.8 Å². The van der Waals surface area contributed by atoms with Crippen LogP contribution in [0.3, 0.4) is 0 Å². The first-order valence-corrected chi connectivity index (χ1v) is 7.47. The lowest BCUT2D eigenvalue weighted by molar-refractivity contribution is -0.0380. The Hall–Kier alpha value is -0.120. The Balaban J connectivity index is 2.89. The number of methoxy groups -OCH3 is 1. The van der Waals surface area contributed by atoms with Crippen LogP contribution >= 0.6 is 0 Å². The predicted octanol–water partition coefficient (Wildman–Crippen LogP) is 2.65. The second-order valence-electron chi connectivity index (χ2n) is 6.12. The molecule has 108 valence electrons. The van der Waals surface area contributed by atoms with Crippen molar-refractivity contribution < 1.29 is 4.74 Å². The quantitative estimate of drug-likeness (QED) is 0.791. The second-order valence-corrected chi connectivity index (χ2v) is 6.12. The zero-order chi connectivity index (χ0) is 13.8. The van der Waals surface area contributed by atoms with E-state index in [1.165, 1.54) is 19.3 Å². The summed E-state index contributed by atoms with van der Waals surface area (Å²) in [7, 11) is 1.80. The number of nitrogens with one attached hydrogen (secondary N) is 1. The summed E-state index contributed by atoms with van der Waals surface area (Å²) in [5.74, 6) is 0. The number of hydrogen-bond acceptors (Lipinski definition) is 3. The highest BCUT2D eigenvalue weighted by Crippen LogP contribution is 2.32. The molecule has 3 nitrogen and oxygen atoms in total. The lowest BCUT2D eigenvalue weighted by atomic mass is 9.82. The largest absolute Gasteiger partial charge is 0.383 e. The van der Waals surface area contributed by atoms with Gasteiger partial charge in [-0.15, -0.1) is 0 Å². The van der Waals surface area contributed by atoms with E-state index < -0.39 is 0 Å². The summed E-state index contributed by atoms with van der Waals surface area (Å²) < 4.78 is 5.37. The molecular formula is C15H32N2O. The van der Waals surface area contributed by atoms with Gasteiger partial charge < -0.3 is 10.1 Å².